The van der Waals surface area contributed by atoms with Crippen molar-refractivity contribution in [3.63, 3.8) is 0 Å². The van der Waals surface area contributed by atoms with Gasteiger partial charge in [0.2, 0.25) is 0 Å². The number of hydrogen-bond donors (Lipinski definition) is 1. The van der Waals surface area contributed by atoms with Crippen molar-refractivity contribution in [1.29, 1.82) is 0 Å². The number of aromatic nitrogens is 2. The van der Waals surface area contributed by atoms with E-state index >= 15 is 0 Å². The van der Waals surface area contributed by atoms with E-state index in [9.17, 15) is 0 Å². The summed E-state index contributed by atoms with van der Waals surface area (Å²) in [5.41, 5.74) is 0.811. The molecule has 1 aromatic carbocycles. The van der Waals surface area contributed by atoms with Crippen LogP contribution in [0.2, 0.25) is 10.0 Å². The van der Waals surface area contributed by atoms with Gasteiger partial charge in [-0.2, -0.15) is 4.98 Å². The van der Waals surface area contributed by atoms with Gasteiger partial charge >= 0.3 is 0 Å². The van der Waals surface area contributed by atoms with Gasteiger partial charge in [-0.05, 0) is 24.8 Å². The summed E-state index contributed by atoms with van der Waals surface area (Å²) in [6.07, 6.45) is 3.55. The number of nitrogens with one attached hydrogen (secondary N) is 1. The number of halogens is 2. The number of hydrogen-bond acceptors (Lipinski definition) is 5. The second-order valence-electron chi connectivity index (χ2n) is 5.17. The molecule has 2 aromatic rings. The largest absolute Gasteiger partial charge is 0.335 e. The van der Waals surface area contributed by atoms with Crippen LogP contribution in [0.25, 0.3) is 12.2 Å². The maximum atomic E-state index is 6.14. The van der Waals surface area contributed by atoms with E-state index in [0.29, 0.717) is 21.8 Å². The van der Waals surface area contributed by atoms with Gasteiger partial charge in [-0.1, -0.05) is 40.5 Å². The van der Waals surface area contributed by atoms with Gasteiger partial charge in [-0.15, -0.1) is 0 Å². The van der Waals surface area contributed by atoms with Crippen molar-refractivity contribution in [1.82, 2.24) is 20.4 Å². The van der Waals surface area contributed by atoms with Crippen molar-refractivity contribution < 1.29 is 4.52 Å². The van der Waals surface area contributed by atoms with Crippen LogP contribution in [0.3, 0.4) is 0 Å². The first-order valence-corrected chi connectivity index (χ1v) is 7.77. The highest BCUT2D eigenvalue weighted by Crippen LogP contribution is 2.27. The molecule has 1 unspecified atom stereocenters. The number of piperazine rings is 1. The van der Waals surface area contributed by atoms with Crippen LogP contribution in [-0.4, -0.2) is 41.7 Å². The molecule has 7 heteroatoms. The molecule has 0 saturated carbocycles. The minimum Gasteiger partial charge on any atom is -0.335 e. The van der Waals surface area contributed by atoms with E-state index in [1.54, 1.807) is 12.1 Å². The normalized spacial score (nSPS) is 19.9. The quantitative estimate of drug-likeness (QED) is 0.931. The molecule has 1 atom stereocenters. The van der Waals surface area contributed by atoms with E-state index in [-0.39, 0.29) is 6.04 Å². The highest BCUT2D eigenvalue weighted by Gasteiger charge is 2.24. The van der Waals surface area contributed by atoms with Crippen molar-refractivity contribution in [2.45, 2.75) is 6.04 Å². The highest BCUT2D eigenvalue weighted by molar-refractivity contribution is 6.42. The second kappa shape index (κ2) is 6.79. The van der Waals surface area contributed by atoms with Crippen molar-refractivity contribution >= 4 is 35.4 Å². The lowest BCUT2D eigenvalue weighted by molar-refractivity contribution is 0.190. The van der Waals surface area contributed by atoms with Crippen LogP contribution in [0.5, 0.6) is 0 Å². The molecule has 1 aliphatic rings. The summed E-state index contributed by atoms with van der Waals surface area (Å²) < 4.78 is 5.28. The molecule has 0 amide bonds. The van der Waals surface area contributed by atoms with Crippen LogP contribution < -0.4 is 5.32 Å². The average Bonchev–Trinajstić information content (AvgIpc) is 2.98. The first kappa shape index (κ1) is 15.5. The van der Waals surface area contributed by atoms with E-state index in [1.165, 1.54) is 0 Å². The summed E-state index contributed by atoms with van der Waals surface area (Å²) in [4.78, 5) is 6.64. The summed E-state index contributed by atoms with van der Waals surface area (Å²) in [6.45, 7) is 2.76. The summed E-state index contributed by atoms with van der Waals surface area (Å²) in [5, 5.41) is 8.42. The van der Waals surface area contributed by atoms with Gasteiger partial charge in [0.15, 0.2) is 5.82 Å². The Morgan fingerprint density at radius 2 is 2.23 bits per heavy atom. The van der Waals surface area contributed by atoms with Gasteiger partial charge in [0.05, 0.1) is 16.1 Å². The monoisotopic (exact) mass is 338 g/mol. The standard InChI is InChI=1S/C15H16Cl2N4O/c1-21-8-7-18-9-12(21)15-19-13(22-20-15)6-5-10-3-2-4-11(16)14(10)17/h2-6,12,18H,7-9H2,1H3/b6-5+. The zero-order valence-corrected chi connectivity index (χ0v) is 13.6. The Morgan fingerprint density at radius 3 is 3.05 bits per heavy atom. The highest BCUT2D eigenvalue weighted by atomic mass is 35.5. The molecule has 22 heavy (non-hydrogen) atoms. The Hall–Kier alpha value is -1.40. The van der Waals surface area contributed by atoms with E-state index in [1.807, 2.05) is 18.2 Å². The van der Waals surface area contributed by atoms with E-state index in [4.69, 9.17) is 27.7 Å². The molecular formula is C15H16Cl2N4O. The molecule has 116 valence electrons. The zero-order valence-electron chi connectivity index (χ0n) is 12.1. The summed E-state index contributed by atoms with van der Waals surface area (Å²) in [7, 11) is 2.06. The fraction of sp³-hybridized carbons (Fsp3) is 0.333. The Labute approximate surface area is 138 Å². The third kappa shape index (κ3) is 3.33. The molecule has 0 spiro atoms. The molecular weight excluding hydrogens is 323 g/mol. The molecule has 1 aliphatic heterocycles. The minimum absolute atomic E-state index is 0.134. The molecule has 0 bridgehead atoms. The smallest absolute Gasteiger partial charge is 0.250 e. The predicted molar refractivity (Wildman–Crippen MR) is 87.9 cm³/mol. The summed E-state index contributed by atoms with van der Waals surface area (Å²) >= 11 is 12.1. The topological polar surface area (TPSA) is 54.2 Å². The maximum Gasteiger partial charge on any atom is 0.250 e. The lowest BCUT2D eigenvalue weighted by Crippen LogP contribution is -2.44. The van der Waals surface area contributed by atoms with Crippen molar-refractivity contribution in [3.05, 3.63) is 45.5 Å². The fourth-order valence-electron chi connectivity index (χ4n) is 2.35. The molecule has 0 aliphatic carbocycles. The number of benzene rings is 1. The lowest BCUT2D eigenvalue weighted by Gasteiger charge is -2.30. The second-order valence-corrected chi connectivity index (χ2v) is 5.95. The third-order valence-electron chi connectivity index (χ3n) is 3.65. The average molecular weight is 339 g/mol. The van der Waals surface area contributed by atoms with Gasteiger partial charge in [0, 0.05) is 25.7 Å². The molecule has 5 nitrogen and oxygen atoms in total. The first-order chi connectivity index (χ1) is 10.6. The van der Waals surface area contributed by atoms with Gasteiger partial charge in [0.1, 0.15) is 0 Å². The fourth-order valence-corrected chi connectivity index (χ4v) is 2.73. The maximum absolute atomic E-state index is 6.14. The van der Waals surface area contributed by atoms with Crippen LogP contribution in [-0.2, 0) is 0 Å². The van der Waals surface area contributed by atoms with Gasteiger partial charge < -0.3 is 9.84 Å². The SMILES string of the molecule is CN1CCNCC1c1noc(/C=C/c2cccc(Cl)c2Cl)n1. The molecule has 1 fully saturated rings. The zero-order chi connectivity index (χ0) is 15.5. The van der Waals surface area contributed by atoms with Crippen LogP contribution in [0.15, 0.2) is 22.7 Å². The van der Waals surface area contributed by atoms with Crippen molar-refractivity contribution in [2.24, 2.45) is 0 Å². The molecule has 0 radical (unpaired) electrons. The Balaban J connectivity index is 1.76. The Kier molecular flexibility index (Phi) is 4.78. The predicted octanol–water partition coefficient (Wildman–Crippen LogP) is 3.12. The van der Waals surface area contributed by atoms with Crippen molar-refractivity contribution in [3.8, 4) is 0 Å². The van der Waals surface area contributed by atoms with E-state index in [2.05, 4.69) is 27.4 Å². The molecule has 2 heterocycles. The van der Waals surface area contributed by atoms with Crippen LogP contribution in [0.1, 0.15) is 23.3 Å². The number of rotatable bonds is 3. The van der Waals surface area contributed by atoms with Crippen LogP contribution in [0, 0.1) is 0 Å². The first-order valence-electron chi connectivity index (χ1n) is 7.02. The molecule has 1 aromatic heterocycles. The number of likely N-dealkylation sites (N-methyl/N-ethyl adjacent to an activating group) is 1. The van der Waals surface area contributed by atoms with Crippen LogP contribution >= 0.6 is 23.2 Å². The summed E-state index contributed by atoms with van der Waals surface area (Å²) in [5.74, 6) is 1.14. The number of nitrogens with zero attached hydrogens (tertiary/aromatic N) is 3. The third-order valence-corrected chi connectivity index (χ3v) is 4.49. The molecule has 1 N–H and O–H groups in total. The minimum atomic E-state index is 0.134. The van der Waals surface area contributed by atoms with Gasteiger partial charge in [-0.3, -0.25) is 4.90 Å². The lowest BCUT2D eigenvalue weighted by atomic mass is 10.2. The van der Waals surface area contributed by atoms with Gasteiger partial charge in [-0.25, -0.2) is 0 Å². The Bertz CT molecular complexity index is 686. The van der Waals surface area contributed by atoms with E-state index in [0.717, 1.165) is 25.2 Å². The Morgan fingerprint density at radius 1 is 1.36 bits per heavy atom. The summed E-state index contributed by atoms with van der Waals surface area (Å²) in [6, 6.07) is 5.60. The van der Waals surface area contributed by atoms with Crippen LogP contribution in [0.4, 0.5) is 0 Å². The van der Waals surface area contributed by atoms with Crippen molar-refractivity contribution in [2.75, 3.05) is 26.7 Å². The van der Waals surface area contributed by atoms with Gasteiger partial charge in [0.25, 0.3) is 5.89 Å². The molecule has 3 rings (SSSR count). The van der Waals surface area contributed by atoms with E-state index < -0.39 is 0 Å². The molecule has 1 saturated heterocycles.